The molecule has 0 spiro atoms. The number of nitrogens with zero attached hydrogens (tertiary/aromatic N) is 1. The van der Waals surface area contributed by atoms with Gasteiger partial charge in [0.2, 0.25) is 0 Å². The summed E-state index contributed by atoms with van der Waals surface area (Å²) >= 11 is 0. The molecule has 13 heavy (non-hydrogen) atoms. The quantitative estimate of drug-likeness (QED) is 0.469. The van der Waals surface area contributed by atoms with E-state index in [-0.39, 0.29) is 5.97 Å². The Kier molecular flexibility index (Phi) is 2.36. The fourth-order valence-corrected chi connectivity index (χ4v) is 2.28. The average Bonchev–Trinajstić information content (AvgIpc) is 2.41. The van der Waals surface area contributed by atoms with Gasteiger partial charge in [-0.15, -0.1) is 0 Å². The third kappa shape index (κ3) is 1.61. The number of methoxy groups -OCH3 is 1. The van der Waals surface area contributed by atoms with Gasteiger partial charge in [-0.05, 0) is 19.3 Å². The van der Waals surface area contributed by atoms with Gasteiger partial charge in [0.05, 0.1) is 13.7 Å². The van der Waals surface area contributed by atoms with Crippen molar-refractivity contribution in [2.24, 2.45) is 0 Å². The van der Waals surface area contributed by atoms with Crippen LogP contribution in [0.1, 0.15) is 19.3 Å². The zero-order valence-corrected chi connectivity index (χ0v) is 7.90. The third-order valence-corrected chi connectivity index (χ3v) is 3.00. The second-order valence-corrected chi connectivity index (χ2v) is 3.71. The van der Waals surface area contributed by atoms with Crippen molar-refractivity contribution < 1.29 is 9.53 Å². The molecule has 3 nitrogen and oxygen atoms in total. The van der Waals surface area contributed by atoms with E-state index in [1.165, 1.54) is 20.0 Å². The molecule has 2 aliphatic heterocycles. The Morgan fingerprint density at radius 2 is 2.46 bits per heavy atom. The zero-order valence-electron chi connectivity index (χ0n) is 7.90. The van der Waals surface area contributed by atoms with Crippen LogP contribution in [0.5, 0.6) is 0 Å². The van der Waals surface area contributed by atoms with Gasteiger partial charge in [0, 0.05) is 12.1 Å². The van der Waals surface area contributed by atoms with Crippen molar-refractivity contribution in [1.82, 2.24) is 4.90 Å². The molecular weight excluding hydrogens is 166 g/mol. The van der Waals surface area contributed by atoms with Crippen LogP contribution in [0.25, 0.3) is 0 Å². The first-order valence-electron chi connectivity index (χ1n) is 4.80. The summed E-state index contributed by atoms with van der Waals surface area (Å²) in [5.74, 6) is -0.118. The molecule has 2 heterocycles. The highest BCUT2D eigenvalue weighted by Crippen LogP contribution is 2.30. The molecule has 0 aromatic carbocycles. The predicted octanol–water partition coefficient (Wildman–Crippen LogP) is 0.952. The van der Waals surface area contributed by atoms with Crippen molar-refractivity contribution in [3.63, 3.8) is 0 Å². The van der Waals surface area contributed by atoms with Crippen LogP contribution in [0, 0.1) is 0 Å². The first-order valence-corrected chi connectivity index (χ1v) is 4.80. The monoisotopic (exact) mass is 181 g/mol. The molecule has 1 fully saturated rings. The number of hydrogen-bond donors (Lipinski definition) is 0. The maximum Gasteiger partial charge on any atom is 0.319 e. The molecule has 72 valence electrons. The Morgan fingerprint density at radius 3 is 3.15 bits per heavy atom. The lowest BCUT2D eigenvalue weighted by Gasteiger charge is -2.29. The minimum atomic E-state index is -0.118. The van der Waals surface area contributed by atoms with E-state index in [1.807, 2.05) is 0 Å². The van der Waals surface area contributed by atoms with Crippen LogP contribution in [-0.4, -0.2) is 36.6 Å². The summed E-state index contributed by atoms with van der Waals surface area (Å²) in [6.07, 6.45) is 7.95. The van der Waals surface area contributed by atoms with Gasteiger partial charge in [0.25, 0.3) is 0 Å². The minimum absolute atomic E-state index is 0.118. The SMILES string of the molecule is COC(=O)CN1C2C=CCC1CC2. The molecule has 0 amide bonds. The van der Waals surface area contributed by atoms with Gasteiger partial charge < -0.3 is 4.74 Å². The number of carbonyl (C=O) groups is 1. The van der Waals surface area contributed by atoms with Crippen LogP contribution >= 0.6 is 0 Å². The summed E-state index contributed by atoms with van der Waals surface area (Å²) in [5.41, 5.74) is 0. The van der Waals surface area contributed by atoms with Gasteiger partial charge in [-0.2, -0.15) is 0 Å². The molecular formula is C10H15NO2. The van der Waals surface area contributed by atoms with Crippen LogP contribution < -0.4 is 0 Å². The lowest BCUT2D eigenvalue weighted by atomic mass is 10.1. The Morgan fingerprint density at radius 1 is 1.62 bits per heavy atom. The molecule has 2 unspecified atom stereocenters. The normalized spacial score (nSPS) is 32.1. The average molecular weight is 181 g/mol. The van der Waals surface area contributed by atoms with Crippen LogP contribution in [-0.2, 0) is 9.53 Å². The third-order valence-electron chi connectivity index (χ3n) is 3.00. The highest BCUT2D eigenvalue weighted by atomic mass is 16.5. The standard InChI is InChI=1S/C10H15NO2/c1-13-10(12)7-11-8-3-2-4-9(11)6-5-8/h2-3,8-9H,4-7H2,1H3. The van der Waals surface area contributed by atoms with E-state index in [2.05, 4.69) is 21.8 Å². The number of fused-ring (bicyclic) bond motifs is 2. The fraction of sp³-hybridized carbons (Fsp3) is 0.700. The number of carbonyl (C=O) groups excluding carboxylic acids is 1. The van der Waals surface area contributed by atoms with E-state index in [9.17, 15) is 4.79 Å². The van der Waals surface area contributed by atoms with Crippen molar-refractivity contribution in [2.45, 2.75) is 31.3 Å². The lowest BCUT2D eigenvalue weighted by Crippen LogP contribution is -2.41. The second-order valence-electron chi connectivity index (χ2n) is 3.71. The summed E-state index contributed by atoms with van der Waals surface area (Å²) in [5, 5.41) is 0. The lowest BCUT2D eigenvalue weighted by molar-refractivity contribution is -0.142. The summed E-state index contributed by atoms with van der Waals surface area (Å²) in [4.78, 5) is 13.4. The predicted molar refractivity (Wildman–Crippen MR) is 49.3 cm³/mol. The summed E-state index contributed by atoms with van der Waals surface area (Å²) < 4.78 is 4.67. The molecule has 2 rings (SSSR count). The van der Waals surface area contributed by atoms with Crippen molar-refractivity contribution in [3.05, 3.63) is 12.2 Å². The Bertz CT molecular complexity index is 237. The molecule has 0 aromatic rings. The maximum absolute atomic E-state index is 11.1. The van der Waals surface area contributed by atoms with E-state index < -0.39 is 0 Å². The van der Waals surface area contributed by atoms with Gasteiger partial charge in [-0.3, -0.25) is 9.69 Å². The largest absolute Gasteiger partial charge is 0.468 e. The van der Waals surface area contributed by atoms with E-state index in [4.69, 9.17) is 0 Å². The van der Waals surface area contributed by atoms with Crippen molar-refractivity contribution in [1.29, 1.82) is 0 Å². The van der Waals surface area contributed by atoms with Gasteiger partial charge in [-0.25, -0.2) is 0 Å². The van der Waals surface area contributed by atoms with Crippen molar-refractivity contribution in [2.75, 3.05) is 13.7 Å². The maximum atomic E-state index is 11.1. The number of esters is 1. The molecule has 0 aliphatic carbocycles. The minimum Gasteiger partial charge on any atom is -0.468 e. The van der Waals surface area contributed by atoms with Crippen LogP contribution in [0.3, 0.4) is 0 Å². The summed E-state index contributed by atoms with van der Waals surface area (Å²) in [6.45, 7) is 0.455. The molecule has 0 N–H and O–H groups in total. The molecule has 2 atom stereocenters. The smallest absolute Gasteiger partial charge is 0.319 e. The number of ether oxygens (including phenoxy) is 1. The highest BCUT2D eigenvalue weighted by Gasteiger charge is 2.34. The van der Waals surface area contributed by atoms with E-state index in [1.54, 1.807) is 0 Å². The van der Waals surface area contributed by atoms with Crippen molar-refractivity contribution in [3.8, 4) is 0 Å². The van der Waals surface area contributed by atoms with Crippen LogP contribution in [0.2, 0.25) is 0 Å². The van der Waals surface area contributed by atoms with E-state index in [0.29, 0.717) is 18.6 Å². The summed E-state index contributed by atoms with van der Waals surface area (Å²) in [6, 6.07) is 1.06. The Balaban J connectivity index is 2.00. The molecule has 0 radical (unpaired) electrons. The Labute approximate surface area is 78.4 Å². The van der Waals surface area contributed by atoms with Gasteiger partial charge in [0.15, 0.2) is 0 Å². The van der Waals surface area contributed by atoms with E-state index in [0.717, 1.165) is 6.42 Å². The van der Waals surface area contributed by atoms with Crippen molar-refractivity contribution >= 4 is 5.97 Å². The molecule has 2 aliphatic rings. The fourth-order valence-electron chi connectivity index (χ4n) is 2.28. The molecule has 0 aromatic heterocycles. The van der Waals surface area contributed by atoms with Gasteiger partial charge in [0.1, 0.15) is 0 Å². The van der Waals surface area contributed by atoms with Gasteiger partial charge >= 0.3 is 5.97 Å². The van der Waals surface area contributed by atoms with Crippen LogP contribution in [0.4, 0.5) is 0 Å². The highest BCUT2D eigenvalue weighted by molar-refractivity contribution is 5.71. The van der Waals surface area contributed by atoms with Gasteiger partial charge in [-0.1, -0.05) is 12.2 Å². The molecule has 1 saturated heterocycles. The molecule has 0 saturated carbocycles. The van der Waals surface area contributed by atoms with E-state index >= 15 is 0 Å². The second kappa shape index (κ2) is 3.50. The zero-order chi connectivity index (χ0) is 9.26. The first kappa shape index (κ1) is 8.75. The molecule has 2 bridgehead atoms. The first-order chi connectivity index (χ1) is 6.31. The number of hydrogen-bond acceptors (Lipinski definition) is 3. The molecule has 3 heteroatoms. The number of rotatable bonds is 2. The van der Waals surface area contributed by atoms with Crippen LogP contribution in [0.15, 0.2) is 12.2 Å². The topological polar surface area (TPSA) is 29.5 Å². The Hall–Kier alpha value is -0.830. The summed E-state index contributed by atoms with van der Waals surface area (Å²) in [7, 11) is 1.45.